The number of carbonyl (C=O) groups is 1. The molecule has 1 spiro atoms. The first-order valence-corrected chi connectivity index (χ1v) is 11.8. The van der Waals surface area contributed by atoms with Crippen molar-refractivity contribution in [3.8, 4) is 5.75 Å². The lowest BCUT2D eigenvalue weighted by atomic mass is 9.88. The van der Waals surface area contributed by atoms with Gasteiger partial charge in [-0.25, -0.2) is 8.42 Å². The number of fused-ring (bicyclic) bond motifs is 2. The summed E-state index contributed by atoms with van der Waals surface area (Å²) >= 11 is 0. The highest BCUT2D eigenvalue weighted by molar-refractivity contribution is 7.89. The Kier molecular flexibility index (Phi) is 4.98. The van der Waals surface area contributed by atoms with E-state index < -0.39 is 15.6 Å². The Labute approximate surface area is 187 Å². The number of pyridine rings is 1. The third-order valence-electron chi connectivity index (χ3n) is 6.36. The van der Waals surface area contributed by atoms with E-state index in [4.69, 9.17) is 4.74 Å². The fourth-order valence-electron chi connectivity index (χ4n) is 4.75. The molecule has 1 saturated heterocycles. The molecule has 0 radical (unpaired) electrons. The first kappa shape index (κ1) is 20.7. The molecule has 164 valence electrons. The van der Waals surface area contributed by atoms with Gasteiger partial charge in [-0.05, 0) is 47.9 Å². The lowest BCUT2D eigenvalue weighted by molar-refractivity contribution is 0.0762. The van der Waals surface area contributed by atoms with Gasteiger partial charge in [0.2, 0.25) is 10.0 Å². The number of ether oxygens (including phenoxy) is 1. The van der Waals surface area contributed by atoms with E-state index in [0.29, 0.717) is 35.7 Å². The molecule has 2 aromatic carbocycles. The van der Waals surface area contributed by atoms with E-state index in [1.165, 1.54) is 0 Å². The average molecular weight is 450 g/mol. The lowest BCUT2D eigenvalue weighted by Gasteiger charge is -2.34. The lowest BCUT2D eigenvalue weighted by Crippen LogP contribution is -2.46. The van der Waals surface area contributed by atoms with Crippen molar-refractivity contribution >= 4 is 15.9 Å². The normalized spacial score (nSPS) is 21.6. The van der Waals surface area contributed by atoms with Gasteiger partial charge in [0.25, 0.3) is 5.91 Å². The van der Waals surface area contributed by atoms with Crippen LogP contribution in [0.25, 0.3) is 0 Å². The summed E-state index contributed by atoms with van der Waals surface area (Å²) in [5.74, 6) is 0.575. The van der Waals surface area contributed by atoms with Crippen molar-refractivity contribution in [1.29, 1.82) is 0 Å². The third kappa shape index (κ3) is 3.18. The highest BCUT2D eigenvalue weighted by atomic mass is 32.2. The molecular formula is C24H23N3O4S. The van der Waals surface area contributed by atoms with E-state index in [0.717, 1.165) is 11.1 Å². The number of aromatic nitrogens is 1. The molecule has 2 aliphatic rings. The molecule has 2 aliphatic heterocycles. The summed E-state index contributed by atoms with van der Waals surface area (Å²) in [4.78, 5) is 19.2. The summed E-state index contributed by atoms with van der Waals surface area (Å²) in [6.45, 7) is 0.986. The van der Waals surface area contributed by atoms with Crippen LogP contribution in [0.1, 0.15) is 27.9 Å². The second-order valence-electron chi connectivity index (χ2n) is 8.11. The van der Waals surface area contributed by atoms with E-state index >= 15 is 0 Å². The average Bonchev–Trinajstić information content (AvgIpc) is 3.35. The Morgan fingerprint density at radius 3 is 2.59 bits per heavy atom. The Bertz CT molecular complexity index is 1260. The number of likely N-dealkylation sites (tertiary alicyclic amines) is 1. The second kappa shape index (κ2) is 7.72. The fourth-order valence-corrected chi connectivity index (χ4v) is 6.80. The van der Waals surface area contributed by atoms with Crippen LogP contribution in [0.15, 0.2) is 78.0 Å². The maximum absolute atomic E-state index is 13.6. The zero-order valence-electron chi connectivity index (χ0n) is 17.6. The van der Waals surface area contributed by atoms with Gasteiger partial charge in [-0.1, -0.05) is 30.3 Å². The van der Waals surface area contributed by atoms with Gasteiger partial charge in [0.1, 0.15) is 5.75 Å². The molecule has 8 heteroatoms. The minimum absolute atomic E-state index is 0.138. The number of benzene rings is 2. The molecule has 0 bridgehead atoms. The molecule has 0 saturated carbocycles. The number of carbonyl (C=O) groups excluding carboxylic acids is 1. The van der Waals surface area contributed by atoms with Gasteiger partial charge in [-0.15, -0.1) is 0 Å². The number of hydrogen-bond acceptors (Lipinski definition) is 5. The summed E-state index contributed by atoms with van der Waals surface area (Å²) in [6.07, 6.45) is 3.70. The Hall–Kier alpha value is -3.23. The maximum atomic E-state index is 13.6. The summed E-state index contributed by atoms with van der Waals surface area (Å²) in [5.41, 5.74) is 1.32. The van der Waals surface area contributed by atoms with Crippen LogP contribution in [0, 0.1) is 0 Å². The van der Waals surface area contributed by atoms with E-state index in [-0.39, 0.29) is 12.5 Å². The first-order chi connectivity index (χ1) is 15.5. The van der Waals surface area contributed by atoms with Crippen LogP contribution < -0.4 is 4.74 Å². The van der Waals surface area contributed by atoms with Crippen molar-refractivity contribution in [2.45, 2.75) is 23.4 Å². The van der Waals surface area contributed by atoms with Crippen molar-refractivity contribution in [2.24, 2.45) is 0 Å². The molecule has 7 nitrogen and oxygen atoms in total. The summed E-state index contributed by atoms with van der Waals surface area (Å²) in [5, 5.41) is 0. The van der Waals surface area contributed by atoms with Gasteiger partial charge < -0.3 is 9.64 Å². The van der Waals surface area contributed by atoms with Crippen LogP contribution >= 0.6 is 0 Å². The van der Waals surface area contributed by atoms with Gasteiger partial charge >= 0.3 is 0 Å². The Morgan fingerprint density at radius 1 is 1.09 bits per heavy atom. The minimum Gasteiger partial charge on any atom is -0.497 e. The van der Waals surface area contributed by atoms with E-state index in [1.54, 1.807) is 53.0 Å². The summed E-state index contributed by atoms with van der Waals surface area (Å²) in [7, 11) is -2.12. The fraction of sp³-hybridized carbons (Fsp3) is 0.250. The van der Waals surface area contributed by atoms with Crippen LogP contribution in [0.2, 0.25) is 0 Å². The van der Waals surface area contributed by atoms with Gasteiger partial charge in [0, 0.05) is 32.0 Å². The van der Waals surface area contributed by atoms with Crippen LogP contribution in [-0.2, 0) is 22.1 Å². The van der Waals surface area contributed by atoms with E-state index in [1.807, 2.05) is 36.4 Å². The smallest absolute Gasteiger partial charge is 0.255 e. The van der Waals surface area contributed by atoms with Gasteiger partial charge in [-0.2, -0.15) is 4.31 Å². The molecule has 0 unspecified atom stereocenters. The van der Waals surface area contributed by atoms with Crippen molar-refractivity contribution in [3.05, 3.63) is 89.7 Å². The van der Waals surface area contributed by atoms with Crippen LogP contribution in [0.3, 0.4) is 0 Å². The monoisotopic (exact) mass is 449 g/mol. The van der Waals surface area contributed by atoms with Crippen molar-refractivity contribution in [3.63, 3.8) is 0 Å². The highest BCUT2D eigenvalue weighted by Gasteiger charge is 2.57. The zero-order chi connectivity index (χ0) is 22.3. The number of sulfonamides is 1. The summed E-state index contributed by atoms with van der Waals surface area (Å²) in [6, 6.07) is 18.0. The molecule has 0 aliphatic carbocycles. The largest absolute Gasteiger partial charge is 0.497 e. The molecule has 1 amide bonds. The van der Waals surface area contributed by atoms with E-state index in [9.17, 15) is 13.2 Å². The van der Waals surface area contributed by atoms with Crippen molar-refractivity contribution < 1.29 is 17.9 Å². The van der Waals surface area contributed by atoms with Gasteiger partial charge in [-0.3, -0.25) is 9.78 Å². The van der Waals surface area contributed by atoms with Crippen molar-refractivity contribution in [2.75, 3.05) is 20.2 Å². The molecule has 1 fully saturated rings. The van der Waals surface area contributed by atoms with Crippen LogP contribution in [0.5, 0.6) is 5.75 Å². The van der Waals surface area contributed by atoms with Gasteiger partial charge in [0.05, 0.1) is 23.1 Å². The molecule has 1 aromatic heterocycles. The number of hydrogen-bond donors (Lipinski definition) is 0. The number of amides is 1. The Balaban J connectivity index is 1.54. The second-order valence-corrected chi connectivity index (χ2v) is 9.94. The summed E-state index contributed by atoms with van der Waals surface area (Å²) < 4.78 is 34.0. The van der Waals surface area contributed by atoms with E-state index in [2.05, 4.69) is 4.98 Å². The topological polar surface area (TPSA) is 79.8 Å². The van der Waals surface area contributed by atoms with Crippen LogP contribution in [-0.4, -0.2) is 48.7 Å². The zero-order valence-corrected chi connectivity index (χ0v) is 18.5. The standard InChI is InChI=1S/C24H23N3O4S/c1-31-20-10-8-18(9-11-20)16-27-24(21-6-2-3-7-22(21)32(27,29)30)12-14-26(17-24)23(28)19-5-4-13-25-15-19/h2-11,13,15H,12,14,16-17H2,1H3/t24-/m0/s1. The molecule has 0 N–H and O–H groups in total. The number of nitrogens with zero attached hydrogens (tertiary/aromatic N) is 3. The predicted molar refractivity (Wildman–Crippen MR) is 119 cm³/mol. The molecule has 1 atom stereocenters. The van der Waals surface area contributed by atoms with Crippen molar-refractivity contribution in [1.82, 2.24) is 14.2 Å². The molecular weight excluding hydrogens is 426 g/mol. The molecule has 3 aromatic rings. The highest BCUT2D eigenvalue weighted by Crippen LogP contribution is 2.50. The first-order valence-electron chi connectivity index (χ1n) is 10.4. The Morgan fingerprint density at radius 2 is 1.88 bits per heavy atom. The van der Waals surface area contributed by atoms with Crippen LogP contribution in [0.4, 0.5) is 0 Å². The number of methoxy groups -OCH3 is 1. The predicted octanol–water partition coefficient (Wildman–Crippen LogP) is 3.04. The number of rotatable bonds is 4. The third-order valence-corrected chi connectivity index (χ3v) is 8.33. The maximum Gasteiger partial charge on any atom is 0.255 e. The SMILES string of the molecule is COc1ccc(CN2[C@]3(CCN(C(=O)c4cccnc4)C3)c3ccccc3S2(=O)=O)cc1. The molecule has 3 heterocycles. The van der Waals surface area contributed by atoms with Gasteiger partial charge in [0.15, 0.2) is 0 Å². The molecule has 5 rings (SSSR count). The molecule has 32 heavy (non-hydrogen) atoms. The quantitative estimate of drug-likeness (QED) is 0.612. The minimum atomic E-state index is -3.71.